The van der Waals surface area contributed by atoms with Crippen LogP contribution in [-0.4, -0.2) is 17.1 Å². The van der Waals surface area contributed by atoms with Gasteiger partial charge in [-0.3, -0.25) is 9.36 Å². The van der Waals surface area contributed by atoms with E-state index in [0.29, 0.717) is 37.7 Å². The summed E-state index contributed by atoms with van der Waals surface area (Å²) in [5, 5.41) is 0. The van der Waals surface area contributed by atoms with Gasteiger partial charge in [-0.15, -0.1) is 0 Å². The maximum absolute atomic E-state index is 13.9. The average molecular weight is 677 g/mol. The van der Waals surface area contributed by atoms with E-state index in [2.05, 4.69) is 22.6 Å². The van der Waals surface area contributed by atoms with Gasteiger partial charge >= 0.3 is 5.97 Å². The zero-order valence-corrected chi connectivity index (χ0v) is 24.7. The van der Waals surface area contributed by atoms with Gasteiger partial charge in [0, 0.05) is 20.8 Å². The Bertz CT molecular complexity index is 1960. The number of furan rings is 1. The Morgan fingerprint density at radius 2 is 1.76 bits per heavy atom. The predicted octanol–water partition coefficient (Wildman–Crippen LogP) is 5.94. The van der Waals surface area contributed by atoms with Gasteiger partial charge in [0.05, 0.1) is 28.5 Å². The molecule has 204 valence electrons. The first kappa shape index (κ1) is 27.1. The van der Waals surface area contributed by atoms with Crippen LogP contribution in [0.4, 0.5) is 4.39 Å². The monoisotopic (exact) mass is 676 g/mol. The number of esters is 1. The third-order valence-corrected chi connectivity index (χ3v) is 8.29. The highest BCUT2D eigenvalue weighted by Crippen LogP contribution is 2.35. The van der Waals surface area contributed by atoms with Gasteiger partial charge in [0.2, 0.25) is 0 Å². The van der Waals surface area contributed by atoms with Crippen molar-refractivity contribution in [3.05, 3.63) is 143 Å². The SMILES string of the molecule is CCOC(=O)C1=C(c2ccccc2)N=c2s/c(=C\c3ccc(-c4ccc(I)cc4)o3)c(=O)n2[C@H]1c1ccc(F)cc1. The molecule has 1 aliphatic heterocycles. The van der Waals surface area contributed by atoms with Gasteiger partial charge in [0.25, 0.3) is 5.56 Å². The molecule has 0 N–H and O–H groups in total. The lowest BCUT2D eigenvalue weighted by atomic mass is 9.93. The van der Waals surface area contributed by atoms with Crippen LogP contribution in [0.1, 0.15) is 29.9 Å². The summed E-state index contributed by atoms with van der Waals surface area (Å²) in [4.78, 5) is 32.6. The Morgan fingerprint density at radius 3 is 2.46 bits per heavy atom. The summed E-state index contributed by atoms with van der Waals surface area (Å²) in [6.45, 7) is 1.86. The number of carbonyl (C=O) groups is 1. The minimum atomic E-state index is -0.873. The van der Waals surface area contributed by atoms with Gasteiger partial charge in [-0.25, -0.2) is 14.2 Å². The van der Waals surface area contributed by atoms with Crippen molar-refractivity contribution in [2.24, 2.45) is 4.99 Å². The summed E-state index contributed by atoms with van der Waals surface area (Å²) < 4.78 is 28.4. The number of benzene rings is 3. The van der Waals surface area contributed by atoms with E-state index in [4.69, 9.17) is 14.1 Å². The molecule has 6 rings (SSSR count). The first-order valence-electron chi connectivity index (χ1n) is 12.8. The molecule has 0 amide bonds. The maximum Gasteiger partial charge on any atom is 0.338 e. The molecule has 0 spiro atoms. The molecule has 0 aliphatic carbocycles. The fraction of sp³-hybridized carbons (Fsp3) is 0.0938. The fourth-order valence-electron chi connectivity index (χ4n) is 4.73. The van der Waals surface area contributed by atoms with Crippen LogP contribution in [0.5, 0.6) is 0 Å². The standard InChI is InChI=1S/C32H22FIN2O4S/c1-2-39-31(38)27-28(20-6-4-3-5-7-20)35-32-36(29(27)21-8-12-22(33)13-9-21)30(37)26(41-32)18-24-16-17-25(40-24)19-10-14-23(34)15-11-19/h3-18,29H,2H2,1H3/b26-18-/t29-/m0/s1. The lowest BCUT2D eigenvalue weighted by Crippen LogP contribution is -2.40. The smallest absolute Gasteiger partial charge is 0.338 e. The maximum atomic E-state index is 13.9. The molecule has 41 heavy (non-hydrogen) atoms. The molecule has 5 aromatic rings. The van der Waals surface area contributed by atoms with Gasteiger partial charge in [0.15, 0.2) is 4.80 Å². The van der Waals surface area contributed by atoms with Crippen LogP contribution in [-0.2, 0) is 9.53 Å². The van der Waals surface area contributed by atoms with Gasteiger partial charge in [-0.2, -0.15) is 0 Å². The van der Waals surface area contributed by atoms with Crippen molar-refractivity contribution in [3.63, 3.8) is 0 Å². The molecule has 0 saturated carbocycles. The van der Waals surface area contributed by atoms with Crippen LogP contribution in [0.3, 0.4) is 0 Å². The molecule has 3 aromatic carbocycles. The van der Waals surface area contributed by atoms with Crippen molar-refractivity contribution < 1.29 is 18.3 Å². The largest absolute Gasteiger partial charge is 0.463 e. The Kier molecular flexibility index (Phi) is 7.55. The van der Waals surface area contributed by atoms with Crippen molar-refractivity contribution in [1.29, 1.82) is 0 Å². The topological polar surface area (TPSA) is 73.8 Å². The first-order valence-corrected chi connectivity index (χ1v) is 14.7. The lowest BCUT2D eigenvalue weighted by Gasteiger charge is -2.25. The Hall–Kier alpha value is -4.09. The summed E-state index contributed by atoms with van der Waals surface area (Å²) in [6.07, 6.45) is 1.68. The number of fused-ring (bicyclic) bond motifs is 1. The molecule has 1 aliphatic rings. The predicted molar refractivity (Wildman–Crippen MR) is 164 cm³/mol. The van der Waals surface area contributed by atoms with E-state index in [9.17, 15) is 14.0 Å². The molecule has 0 radical (unpaired) electrons. The normalized spacial score (nSPS) is 15.0. The van der Waals surface area contributed by atoms with Crippen LogP contribution >= 0.6 is 33.9 Å². The number of nitrogens with zero attached hydrogens (tertiary/aromatic N) is 2. The summed E-state index contributed by atoms with van der Waals surface area (Å²) in [5.74, 6) is 0.176. The van der Waals surface area contributed by atoms with Gasteiger partial charge < -0.3 is 9.15 Å². The minimum Gasteiger partial charge on any atom is -0.463 e. The zero-order valence-electron chi connectivity index (χ0n) is 21.7. The Balaban J connectivity index is 1.55. The summed E-state index contributed by atoms with van der Waals surface area (Å²) in [7, 11) is 0. The molecule has 2 aromatic heterocycles. The van der Waals surface area contributed by atoms with Crippen LogP contribution in [0.2, 0.25) is 0 Å². The Labute approximate surface area is 251 Å². The van der Waals surface area contributed by atoms with Gasteiger partial charge in [-0.05, 0) is 71.5 Å². The Morgan fingerprint density at radius 1 is 1.02 bits per heavy atom. The third kappa shape index (κ3) is 5.34. The van der Waals surface area contributed by atoms with E-state index in [1.54, 1.807) is 25.1 Å². The van der Waals surface area contributed by atoms with Crippen molar-refractivity contribution in [1.82, 2.24) is 4.57 Å². The van der Waals surface area contributed by atoms with Crippen molar-refractivity contribution in [3.8, 4) is 11.3 Å². The molecule has 6 nitrogen and oxygen atoms in total. The van der Waals surface area contributed by atoms with E-state index >= 15 is 0 Å². The number of hydrogen-bond donors (Lipinski definition) is 0. The first-order chi connectivity index (χ1) is 19.9. The van der Waals surface area contributed by atoms with Crippen molar-refractivity contribution in [2.75, 3.05) is 6.61 Å². The number of ether oxygens (including phenoxy) is 1. The zero-order chi connectivity index (χ0) is 28.5. The summed E-state index contributed by atoms with van der Waals surface area (Å²) in [6, 6.07) is 25.8. The van der Waals surface area contributed by atoms with E-state index in [-0.39, 0.29) is 17.7 Å². The number of hydrogen-bond acceptors (Lipinski definition) is 6. The van der Waals surface area contributed by atoms with Crippen LogP contribution in [0.15, 0.2) is 111 Å². The molecule has 0 saturated heterocycles. The number of halogens is 2. The molecule has 0 fully saturated rings. The van der Waals surface area contributed by atoms with Crippen LogP contribution < -0.4 is 14.9 Å². The lowest BCUT2D eigenvalue weighted by molar-refractivity contribution is -0.138. The second-order valence-corrected chi connectivity index (χ2v) is 11.4. The number of carbonyl (C=O) groups excluding carboxylic acids is 1. The van der Waals surface area contributed by atoms with Crippen molar-refractivity contribution in [2.45, 2.75) is 13.0 Å². The van der Waals surface area contributed by atoms with Crippen LogP contribution in [0, 0.1) is 9.39 Å². The number of thiazole rings is 1. The molecule has 3 heterocycles. The van der Waals surface area contributed by atoms with E-state index in [1.807, 2.05) is 66.7 Å². The molecule has 0 bridgehead atoms. The molecular weight excluding hydrogens is 654 g/mol. The van der Waals surface area contributed by atoms with E-state index in [0.717, 1.165) is 9.13 Å². The second-order valence-electron chi connectivity index (χ2n) is 9.19. The highest BCUT2D eigenvalue weighted by Gasteiger charge is 2.35. The fourth-order valence-corrected chi connectivity index (χ4v) is 6.07. The van der Waals surface area contributed by atoms with Crippen molar-refractivity contribution >= 4 is 51.7 Å². The number of aromatic nitrogens is 1. The average Bonchev–Trinajstić information content (AvgIpc) is 3.58. The van der Waals surface area contributed by atoms with Gasteiger partial charge in [-0.1, -0.05) is 65.9 Å². The third-order valence-electron chi connectivity index (χ3n) is 6.59. The minimum absolute atomic E-state index is 0.145. The molecule has 9 heteroatoms. The summed E-state index contributed by atoms with van der Waals surface area (Å²) >= 11 is 3.45. The quantitative estimate of drug-likeness (QED) is 0.165. The molecule has 0 unspecified atom stereocenters. The van der Waals surface area contributed by atoms with Gasteiger partial charge in [0.1, 0.15) is 17.3 Å². The molecule has 1 atom stereocenters. The van der Waals surface area contributed by atoms with E-state index in [1.165, 1.54) is 28.0 Å². The summed E-state index contributed by atoms with van der Waals surface area (Å²) in [5.41, 5.74) is 2.46. The highest BCUT2D eigenvalue weighted by molar-refractivity contribution is 14.1. The molecular formula is C32H22FIN2O4S. The van der Waals surface area contributed by atoms with E-state index < -0.39 is 17.8 Å². The highest BCUT2D eigenvalue weighted by atomic mass is 127. The number of rotatable bonds is 6. The second kappa shape index (κ2) is 11.4. The van der Waals surface area contributed by atoms with Crippen LogP contribution in [0.25, 0.3) is 23.1 Å².